The van der Waals surface area contributed by atoms with E-state index in [0.29, 0.717) is 30.0 Å². The number of benzene rings is 1. The Morgan fingerprint density at radius 1 is 1.30 bits per heavy atom. The monoisotopic (exact) mass is 280 g/mol. The first-order valence-electron chi connectivity index (χ1n) is 6.25. The third-order valence-corrected chi connectivity index (χ3v) is 2.94. The van der Waals surface area contributed by atoms with Crippen LogP contribution < -0.4 is 10.5 Å². The zero-order valence-electron chi connectivity index (χ0n) is 12.0. The Morgan fingerprint density at radius 2 is 2.00 bits per heavy atom. The first-order valence-corrected chi connectivity index (χ1v) is 6.25. The van der Waals surface area contributed by atoms with Crippen molar-refractivity contribution < 1.29 is 19.1 Å². The van der Waals surface area contributed by atoms with E-state index in [4.69, 9.17) is 10.5 Å². The average Bonchev–Trinajstić information content (AvgIpc) is 2.46. The van der Waals surface area contributed by atoms with Gasteiger partial charge in [-0.05, 0) is 24.6 Å². The number of ether oxygens (including phenoxy) is 2. The van der Waals surface area contributed by atoms with E-state index in [0.717, 1.165) is 0 Å². The second kappa shape index (κ2) is 7.37. The topological polar surface area (TPSA) is 81.9 Å². The Balaban J connectivity index is 2.66. The summed E-state index contributed by atoms with van der Waals surface area (Å²) in [5, 5.41) is 0. The van der Waals surface area contributed by atoms with Crippen LogP contribution in [0.3, 0.4) is 0 Å². The third-order valence-electron chi connectivity index (χ3n) is 2.94. The highest BCUT2D eigenvalue weighted by Crippen LogP contribution is 2.20. The number of hydrogen-bond acceptors (Lipinski definition) is 5. The van der Waals surface area contributed by atoms with Crippen molar-refractivity contribution in [1.29, 1.82) is 0 Å². The van der Waals surface area contributed by atoms with Crippen molar-refractivity contribution in [2.45, 2.75) is 12.8 Å². The van der Waals surface area contributed by atoms with E-state index in [1.807, 2.05) is 0 Å². The third kappa shape index (κ3) is 4.15. The number of carbonyl (C=O) groups excluding carboxylic acids is 2. The highest BCUT2D eigenvalue weighted by Gasteiger charge is 2.15. The quantitative estimate of drug-likeness (QED) is 0.627. The highest BCUT2D eigenvalue weighted by molar-refractivity contribution is 5.99. The molecule has 6 nitrogen and oxygen atoms in total. The van der Waals surface area contributed by atoms with Gasteiger partial charge in [-0.1, -0.05) is 0 Å². The smallest absolute Gasteiger partial charge is 0.305 e. The van der Waals surface area contributed by atoms with Gasteiger partial charge in [0.05, 0.1) is 19.8 Å². The van der Waals surface area contributed by atoms with E-state index in [1.165, 1.54) is 19.1 Å². The molecule has 0 aliphatic carbocycles. The molecule has 110 valence electrons. The van der Waals surface area contributed by atoms with Crippen LogP contribution in [0.2, 0.25) is 0 Å². The molecular formula is C14H20N2O4. The highest BCUT2D eigenvalue weighted by atomic mass is 16.5. The van der Waals surface area contributed by atoms with Crippen LogP contribution in [0.4, 0.5) is 5.69 Å². The molecule has 0 saturated heterocycles. The fourth-order valence-electron chi connectivity index (χ4n) is 1.72. The molecule has 6 heteroatoms. The first-order chi connectivity index (χ1) is 9.49. The summed E-state index contributed by atoms with van der Waals surface area (Å²) in [4.78, 5) is 24.8. The average molecular weight is 280 g/mol. The zero-order valence-corrected chi connectivity index (χ0v) is 12.0. The van der Waals surface area contributed by atoms with Crippen molar-refractivity contribution in [3.8, 4) is 5.75 Å². The number of nitrogens with zero attached hydrogens (tertiary/aromatic N) is 1. The lowest BCUT2D eigenvalue weighted by Gasteiger charge is -2.18. The molecular weight excluding hydrogens is 260 g/mol. The van der Waals surface area contributed by atoms with Gasteiger partial charge in [-0.15, -0.1) is 0 Å². The lowest BCUT2D eigenvalue weighted by molar-refractivity contribution is -0.140. The van der Waals surface area contributed by atoms with Crippen molar-refractivity contribution in [3.05, 3.63) is 23.8 Å². The van der Waals surface area contributed by atoms with Crippen molar-refractivity contribution in [1.82, 2.24) is 4.90 Å². The predicted molar refractivity (Wildman–Crippen MR) is 75.6 cm³/mol. The summed E-state index contributed by atoms with van der Waals surface area (Å²) >= 11 is 0. The molecule has 0 aromatic heterocycles. The van der Waals surface area contributed by atoms with E-state index in [-0.39, 0.29) is 18.3 Å². The SMILES string of the molecule is COC(=O)CCCN(C)C(=O)c1cc(OC)ccc1N. The van der Waals surface area contributed by atoms with Gasteiger partial charge in [0.1, 0.15) is 5.75 Å². The Bertz CT molecular complexity index is 488. The summed E-state index contributed by atoms with van der Waals surface area (Å²) in [5.41, 5.74) is 6.60. The number of methoxy groups -OCH3 is 2. The van der Waals surface area contributed by atoms with Crippen LogP contribution >= 0.6 is 0 Å². The molecule has 1 aromatic carbocycles. The second-order valence-corrected chi connectivity index (χ2v) is 4.36. The number of nitrogen functional groups attached to an aromatic ring is 1. The van der Waals surface area contributed by atoms with E-state index < -0.39 is 0 Å². The zero-order chi connectivity index (χ0) is 15.1. The van der Waals surface area contributed by atoms with Gasteiger partial charge in [0.15, 0.2) is 0 Å². The number of rotatable bonds is 6. The summed E-state index contributed by atoms with van der Waals surface area (Å²) < 4.78 is 9.63. The molecule has 0 aliphatic heterocycles. The fraction of sp³-hybridized carbons (Fsp3) is 0.429. The molecule has 20 heavy (non-hydrogen) atoms. The van der Waals surface area contributed by atoms with E-state index in [2.05, 4.69) is 4.74 Å². The summed E-state index contributed by atoms with van der Waals surface area (Å²) in [6.45, 7) is 0.449. The van der Waals surface area contributed by atoms with Gasteiger partial charge in [-0.3, -0.25) is 9.59 Å². The molecule has 0 radical (unpaired) electrons. The molecule has 1 amide bonds. The minimum Gasteiger partial charge on any atom is -0.497 e. The van der Waals surface area contributed by atoms with E-state index in [1.54, 1.807) is 25.2 Å². The van der Waals surface area contributed by atoms with E-state index >= 15 is 0 Å². The lowest BCUT2D eigenvalue weighted by atomic mass is 10.1. The van der Waals surface area contributed by atoms with Gasteiger partial charge in [-0.25, -0.2) is 0 Å². The normalized spacial score (nSPS) is 9.95. The Morgan fingerprint density at radius 3 is 2.60 bits per heavy atom. The summed E-state index contributed by atoms with van der Waals surface area (Å²) in [7, 11) is 4.53. The maximum atomic E-state index is 12.3. The molecule has 0 atom stereocenters. The molecule has 0 fully saturated rings. The van der Waals surface area contributed by atoms with Gasteiger partial charge in [-0.2, -0.15) is 0 Å². The van der Waals surface area contributed by atoms with Gasteiger partial charge >= 0.3 is 5.97 Å². The Labute approximate surface area is 118 Å². The molecule has 0 spiro atoms. The fourth-order valence-corrected chi connectivity index (χ4v) is 1.72. The van der Waals surface area contributed by atoms with Crippen LogP contribution in [0.15, 0.2) is 18.2 Å². The van der Waals surface area contributed by atoms with Crippen molar-refractivity contribution in [2.24, 2.45) is 0 Å². The largest absolute Gasteiger partial charge is 0.497 e. The molecule has 0 bridgehead atoms. The van der Waals surface area contributed by atoms with Crippen molar-refractivity contribution in [2.75, 3.05) is 33.5 Å². The van der Waals surface area contributed by atoms with Crippen molar-refractivity contribution in [3.63, 3.8) is 0 Å². The number of nitrogens with two attached hydrogens (primary N) is 1. The molecule has 0 unspecified atom stereocenters. The minimum absolute atomic E-state index is 0.203. The lowest BCUT2D eigenvalue weighted by Crippen LogP contribution is -2.28. The number of anilines is 1. The second-order valence-electron chi connectivity index (χ2n) is 4.36. The molecule has 2 N–H and O–H groups in total. The first kappa shape index (κ1) is 15.8. The van der Waals surface area contributed by atoms with Crippen LogP contribution in [-0.4, -0.2) is 44.6 Å². The van der Waals surface area contributed by atoms with Crippen LogP contribution in [0.25, 0.3) is 0 Å². The Kier molecular flexibility index (Phi) is 5.83. The molecule has 0 heterocycles. The minimum atomic E-state index is -0.285. The maximum Gasteiger partial charge on any atom is 0.305 e. The number of esters is 1. The predicted octanol–water partition coefficient (Wildman–Crippen LogP) is 1.30. The van der Waals surface area contributed by atoms with Crippen LogP contribution in [0.5, 0.6) is 5.75 Å². The molecule has 0 saturated carbocycles. The van der Waals surface area contributed by atoms with Crippen LogP contribution in [-0.2, 0) is 9.53 Å². The summed E-state index contributed by atoms with van der Waals surface area (Å²) in [5.74, 6) is 0.0866. The Hall–Kier alpha value is -2.24. The summed E-state index contributed by atoms with van der Waals surface area (Å²) in [6, 6.07) is 4.94. The van der Waals surface area contributed by atoms with Crippen LogP contribution in [0.1, 0.15) is 23.2 Å². The van der Waals surface area contributed by atoms with Gasteiger partial charge in [0, 0.05) is 25.7 Å². The van der Waals surface area contributed by atoms with Crippen molar-refractivity contribution >= 4 is 17.6 Å². The summed E-state index contributed by atoms with van der Waals surface area (Å²) in [6.07, 6.45) is 0.820. The number of amides is 1. The standard InChI is InChI=1S/C14H20N2O4/c1-16(8-4-5-13(17)20-3)14(18)11-9-10(19-2)6-7-12(11)15/h6-7,9H,4-5,8,15H2,1-3H3. The molecule has 0 aliphatic rings. The number of hydrogen-bond donors (Lipinski definition) is 1. The van der Waals surface area contributed by atoms with Gasteiger partial charge in [0.2, 0.25) is 0 Å². The maximum absolute atomic E-state index is 12.3. The van der Waals surface area contributed by atoms with E-state index in [9.17, 15) is 9.59 Å². The molecule has 1 aromatic rings. The number of carbonyl (C=O) groups is 2. The molecule has 1 rings (SSSR count). The van der Waals surface area contributed by atoms with Gasteiger partial charge < -0.3 is 20.1 Å². The van der Waals surface area contributed by atoms with Crippen LogP contribution in [0, 0.1) is 0 Å². The van der Waals surface area contributed by atoms with Gasteiger partial charge in [0.25, 0.3) is 5.91 Å².